The summed E-state index contributed by atoms with van der Waals surface area (Å²) in [4.78, 5) is 0. The number of rotatable bonds is 4. The molecule has 0 aromatic rings. The Morgan fingerprint density at radius 2 is 1.92 bits per heavy atom. The summed E-state index contributed by atoms with van der Waals surface area (Å²) in [6.45, 7) is 0. The van der Waals surface area contributed by atoms with Gasteiger partial charge in [-0.1, -0.05) is 6.42 Å². The third-order valence-electron chi connectivity index (χ3n) is 3.91. The van der Waals surface area contributed by atoms with Crippen LogP contribution in [0.4, 0.5) is 0 Å². The van der Waals surface area contributed by atoms with Crippen LogP contribution in [-0.4, -0.2) is 23.5 Å². The average molecular weight is 200 g/mol. The van der Waals surface area contributed by atoms with Crippen LogP contribution in [0, 0.1) is 17.8 Å². The Labute approximate surface area is 82.5 Å². The molecule has 2 fully saturated rings. The molecule has 0 amide bonds. The number of hydrogen-bond donors (Lipinski definition) is 0. The zero-order valence-electron chi connectivity index (χ0n) is 8.66. The van der Waals surface area contributed by atoms with Crippen LogP contribution in [0.3, 0.4) is 0 Å². The molecule has 2 rings (SSSR count). The van der Waals surface area contributed by atoms with Crippen LogP contribution >= 0.6 is 0 Å². The fourth-order valence-corrected chi connectivity index (χ4v) is 4.85. The molecule has 0 saturated heterocycles. The van der Waals surface area contributed by atoms with E-state index in [1.165, 1.54) is 31.7 Å². The van der Waals surface area contributed by atoms with Gasteiger partial charge in [0.25, 0.3) is 0 Å². The molecule has 76 valence electrons. The van der Waals surface area contributed by atoms with Crippen molar-refractivity contribution in [3.05, 3.63) is 0 Å². The normalized spacial score (nSPS) is 37.6. The maximum absolute atomic E-state index is 5.39. The first-order chi connectivity index (χ1) is 6.33. The SMILES string of the molecule is CO[SiH](CC1CC2CCC1C2)OC. The van der Waals surface area contributed by atoms with Crippen molar-refractivity contribution in [2.45, 2.75) is 31.7 Å². The van der Waals surface area contributed by atoms with Gasteiger partial charge in [-0.3, -0.25) is 0 Å². The molecule has 2 bridgehead atoms. The van der Waals surface area contributed by atoms with Crippen molar-refractivity contribution >= 4 is 9.28 Å². The highest BCUT2D eigenvalue weighted by Gasteiger charge is 2.40. The topological polar surface area (TPSA) is 18.5 Å². The molecule has 3 unspecified atom stereocenters. The van der Waals surface area contributed by atoms with E-state index in [1.807, 2.05) is 0 Å². The van der Waals surface area contributed by atoms with Crippen molar-refractivity contribution in [1.29, 1.82) is 0 Å². The summed E-state index contributed by atoms with van der Waals surface area (Å²) in [6, 6.07) is 1.24. The first-order valence-electron chi connectivity index (χ1n) is 5.39. The first kappa shape index (κ1) is 9.68. The fraction of sp³-hybridized carbons (Fsp3) is 1.00. The van der Waals surface area contributed by atoms with Gasteiger partial charge < -0.3 is 8.85 Å². The van der Waals surface area contributed by atoms with Crippen LogP contribution in [0.2, 0.25) is 6.04 Å². The predicted molar refractivity (Wildman–Crippen MR) is 54.9 cm³/mol. The van der Waals surface area contributed by atoms with Gasteiger partial charge in [-0.15, -0.1) is 0 Å². The molecule has 2 aliphatic carbocycles. The quantitative estimate of drug-likeness (QED) is 0.646. The number of hydrogen-bond acceptors (Lipinski definition) is 2. The minimum atomic E-state index is -1.28. The summed E-state index contributed by atoms with van der Waals surface area (Å²) in [6.07, 6.45) is 5.93. The standard InChI is InChI=1S/C10H20O2Si/c1-11-13(12-2)7-10-6-8-3-4-9(10)5-8/h8-10,13H,3-7H2,1-2H3. The summed E-state index contributed by atoms with van der Waals surface area (Å²) in [5, 5.41) is 0. The smallest absolute Gasteiger partial charge is 0.321 e. The second kappa shape index (κ2) is 4.11. The van der Waals surface area contributed by atoms with E-state index >= 15 is 0 Å². The van der Waals surface area contributed by atoms with E-state index in [2.05, 4.69) is 0 Å². The van der Waals surface area contributed by atoms with Gasteiger partial charge in [0.15, 0.2) is 0 Å². The molecule has 2 nitrogen and oxygen atoms in total. The Balaban J connectivity index is 1.82. The van der Waals surface area contributed by atoms with Crippen LogP contribution in [-0.2, 0) is 8.85 Å². The average Bonchev–Trinajstić information content (AvgIpc) is 2.75. The molecule has 3 heteroatoms. The van der Waals surface area contributed by atoms with Crippen molar-refractivity contribution in [2.24, 2.45) is 17.8 Å². The van der Waals surface area contributed by atoms with Gasteiger partial charge in [-0.25, -0.2) is 0 Å². The van der Waals surface area contributed by atoms with Gasteiger partial charge in [0.05, 0.1) is 0 Å². The van der Waals surface area contributed by atoms with Crippen LogP contribution in [0.15, 0.2) is 0 Å². The third-order valence-corrected chi connectivity index (χ3v) is 5.95. The van der Waals surface area contributed by atoms with Crippen LogP contribution in [0.1, 0.15) is 25.7 Å². The maximum atomic E-state index is 5.39. The maximum Gasteiger partial charge on any atom is 0.321 e. The molecule has 0 radical (unpaired) electrons. The van der Waals surface area contributed by atoms with Gasteiger partial charge in [0.2, 0.25) is 0 Å². The molecule has 0 aromatic carbocycles. The van der Waals surface area contributed by atoms with Crippen LogP contribution in [0.5, 0.6) is 0 Å². The van der Waals surface area contributed by atoms with Crippen molar-refractivity contribution in [1.82, 2.24) is 0 Å². The van der Waals surface area contributed by atoms with Crippen molar-refractivity contribution < 1.29 is 8.85 Å². The molecule has 13 heavy (non-hydrogen) atoms. The van der Waals surface area contributed by atoms with Gasteiger partial charge in [-0.05, 0) is 43.1 Å². The van der Waals surface area contributed by atoms with Gasteiger partial charge in [0.1, 0.15) is 0 Å². The summed E-state index contributed by atoms with van der Waals surface area (Å²) in [7, 11) is 2.32. The first-order valence-corrected chi connectivity index (χ1v) is 7.15. The molecular formula is C10H20O2Si. The molecular weight excluding hydrogens is 180 g/mol. The van der Waals surface area contributed by atoms with E-state index in [-0.39, 0.29) is 0 Å². The van der Waals surface area contributed by atoms with Gasteiger partial charge in [-0.2, -0.15) is 0 Å². The zero-order chi connectivity index (χ0) is 9.26. The van der Waals surface area contributed by atoms with E-state index < -0.39 is 9.28 Å². The zero-order valence-corrected chi connectivity index (χ0v) is 9.82. The Morgan fingerprint density at radius 1 is 1.15 bits per heavy atom. The highest BCUT2D eigenvalue weighted by molar-refractivity contribution is 6.44. The molecule has 0 aliphatic heterocycles. The van der Waals surface area contributed by atoms with Crippen molar-refractivity contribution in [2.75, 3.05) is 14.2 Å². The summed E-state index contributed by atoms with van der Waals surface area (Å²) >= 11 is 0. The van der Waals surface area contributed by atoms with Crippen molar-refractivity contribution in [3.8, 4) is 0 Å². The Morgan fingerprint density at radius 3 is 2.38 bits per heavy atom. The largest absolute Gasteiger partial charge is 0.400 e. The fourth-order valence-electron chi connectivity index (χ4n) is 3.20. The predicted octanol–water partition coefficient (Wildman–Crippen LogP) is 1.94. The molecule has 0 aromatic heterocycles. The second-order valence-electron chi connectivity index (χ2n) is 4.57. The van der Waals surface area contributed by atoms with Gasteiger partial charge >= 0.3 is 9.28 Å². The second-order valence-corrected chi connectivity index (χ2v) is 6.84. The lowest BCUT2D eigenvalue weighted by molar-refractivity contribution is 0.254. The molecule has 3 atom stereocenters. The molecule has 2 saturated carbocycles. The Hall–Kier alpha value is 0.137. The molecule has 2 aliphatic rings. The van der Waals surface area contributed by atoms with E-state index in [0.717, 1.165) is 17.8 Å². The van der Waals surface area contributed by atoms with Crippen LogP contribution < -0.4 is 0 Å². The van der Waals surface area contributed by atoms with E-state index in [0.29, 0.717) is 0 Å². The highest BCUT2D eigenvalue weighted by Crippen LogP contribution is 2.50. The summed E-state index contributed by atoms with van der Waals surface area (Å²) in [5.41, 5.74) is 0. The third kappa shape index (κ3) is 1.97. The van der Waals surface area contributed by atoms with E-state index in [4.69, 9.17) is 8.85 Å². The highest BCUT2D eigenvalue weighted by atomic mass is 28.3. The summed E-state index contributed by atoms with van der Waals surface area (Å²) < 4.78 is 10.8. The minimum absolute atomic E-state index is 0.940. The van der Waals surface area contributed by atoms with Crippen molar-refractivity contribution in [3.63, 3.8) is 0 Å². The number of fused-ring (bicyclic) bond motifs is 2. The van der Waals surface area contributed by atoms with E-state index in [1.54, 1.807) is 14.2 Å². The lowest BCUT2D eigenvalue weighted by Gasteiger charge is -2.23. The molecule has 0 heterocycles. The molecule has 0 spiro atoms. The Bertz CT molecular complexity index is 170. The van der Waals surface area contributed by atoms with Gasteiger partial charge in [0, 0.05) is 14.2 Å². The lowest BCUT2D eigenvalue weighted by atomic mass is 9.90. The van der Waals surface area contributed by atoms with Crippen LogP contribution in [0.25, 0.3) is 0 Å². The monoisotopic (exact) mass is 200 g/mol. The lowest BCUT2D eigenvalue weighted by Crippen LogP contribution is -2.25. The van der Waals surface area contributed by atoms with E-state index in [9.17, 15) is 0 Å². The summed E-state index contributed by atoms with van der Waals surface area (Å²) in [5.74, 6) is 3.01. The minimum Gasteiger partial charge on any atom is -0.400 e. The Kier molecular flexibility index (Phi) is 3.06. The molecule has 0 N–H and O–H groups in total.